The van der Waals surface area contributed by atoms with Crippen LogP contribution >= 0.6 is 11.5 Å². The molecule has 6 rings (SSSR count). The van der Waals surface area contributed by atoms with E-state index in [1.54, 1.807) is 17.0 Å². The zero-order chi connectivity index (χ0) is 24.6. The molecule has 3 heterocycles. The molecule has 0 bridgehead atoms. The molecule has 2 aliphatic heterocycles. The maximum atomic E-state index is 13.8. The van der Waals surface area contributed by atoms with E-state index in [0.29, 0.717) is 23.3 Å². The Kier molecular flexibility index (Phi) is 5.91. The van der Waals surface area contributed by atoms with E-state index < -0.39 is 0 Å². The summed E-state index contributed by atoms with van der Waals surface area (Å²) in [5, 5.41) is 17.2. The van der Waals surface area contributed by atoms with Gasteiger partial charge in [-0.05, 0) is 67.7 Å². The molecular formula is C27H27N7OS. The summed E-state index contributed by atoms with van der Waals surface area (Å²) in [6.07, 6.45) is 9.15. The van der Waals surface area contributed by atoms with Gasteiger partial charge >= 0.3 is 0 Å². The first-order valence-electron chi connectivity index (χ1n) is 12.4. The summed E-state index contributed by atoms with van der Waals surface area (Å²) < 4.78 is 5.40. The summed E-state index contributed by atoms with van der Waals surface area (Å²) in [5.41, 5.74) is 2.91. The van der Waals surface area contributed by atoms with Crippen LogP contribution in [-0.4, -0.2) is 39.4 Å². The fourth-order valence-corrected chi connectivity index (χ4v) is 6.16. The van der Waals surface area contributed by atoms with Gasteiger partial charge in [-0.15, -0.1) is 0 Å². The van der Waals surface area contributed by atoms with Gasteiger partial charge in [0, 0.05) is 29.5 Å². The Labute approximate surface area is 214 Å². The molecule has 1 aromatic heterocycles. The lowest BCUT2D eigenvalue weighted by molar-refractivity contribution is -0.127. The third-order valence-corrected chi connectivity index (χ3v) is 8.06. The first-order valence-corrected chi connectivity index (χ1v) is 13.2. The molecule has 2 aromatic carbocycles. The summed E-state index contributed by atoms with van der Waals surface area (Å²) in [7, 11) is 0. The van der Waals surface area contributed by atoms with Crippen LogP contribution in [0, 0.1) is 11.3 Å². The predicted octanol–water partition coefficient (Wildman–Crippen LogP) is 4.78. The molecule has 1 amide bonds. The van der Waals surface area contributed by atoms with Crippen LogP contribution in [-0.2, 0) is 4.79 Å². The summed E-state index contributed by atoms with van der Waals surface area (Å²) in [6.45, 7) is 1.98. The Morgan fingerprint density at radius 2 is 2.03 bits per heavy atom. The minimum Gasteiger partial charge on any atom is -0.331 e. The van der Waals surface area contributed by atoms with E-state index >= 15 is 0 Å². The lowest BCUT2D eigenvalue weighted by atomic mass is 9.91. The molecule has 3 aromatic rings. The highest BCUT2D eigenvalue weighted by molar-refractivity contribution is 7.13. The number of carbonyl (C=O) groups excluding carboxylic acids is 1. The van der Waals surface area contributed by atoms with E-state index in [0.717, 1.165) is 34.3 Å². The van der Waals surface area contributed by atoms with Gasteiger partial charge in [0.2, 0.25) is 11.9 Å². The molecule has 0 radical (unpaired) electrons. The minimum absolute atomic E-state index is 0.00184. The topological polar surface area (TPSA) is 96.6 Å². The highest BCUT2D eigenvalue weighted by atomic mass is 32.1. The van der Waals surface area contributed by atoms with Crippen LogP contribution in [0.5, 0.6) is 0 Å². The number of carbonyl (C=O) groups is 1. The lowest BCUT2D eigenvalue weighted by Gasteiger charge is -2.49. The Bertz CT molecular complexity index is 1410. The maximum absolute atomic E-state index is 13.8. The number of rotatable bonds is 3. The zero-order valence-corrected chi connectivity index (χ0v) is 20.8. The molecule has 36 heavy (non-hydrogen) atoms. The first kappa shape index (κ1) is 22.7. The third-order valence-electron chi connectivity index (χ3n) is 7.28. The first-order chi connectivity index (χ1) is 17.6. The number of hydrogen-bond acceptors (Lipinski definition) is 8. The Morgan fingerprint density at radius 3 is 2.86 bits per heavy atom. The molecule has 1 saturated heterocycles. The lowest BCUT2D eigenvalue weighted by Crippen LogP contribution is -2.64. The van der Waals surface area contributed by atoms with Crippen LogP contribution in [0.1, 0.15) is 44.6 Å². The standard InChI is InChI=1S/C27H27N7OS/c1-17-26(35)34(22-9-5-6-18(12-22)14-28)23-16-29-27(31-20-10-11-24-19(13-20)15-30-36-24)32-25(23)33(17)21-7-3-2-4-8-21/h5-6,9-13,15-17,21,25H,2-4,7-8H2,1H3,(H2,29,31,32)/t17-,25?/m1/s1. The number of benzene rings is 2. The van der Waals surface area contributed by atoms with E-state index in [1.807, 2.05) is 37.5 Å². The van der Waals surface area contributed by atoms with E-state index in [-0.39, 0.29) is 18.1 Å². The maximum Gasteiger partial charge on any atom is 0.248 e. The van der Waals surface area contributed by atoms with Crippen molar-refractivity contribution in [2.24, 2.45) is 4.99 Å². The number of nitrogens with zero attached hydrogens (tertiary/aromatic N) is 5. The third kappa shape index (κ3) is 4.02. The van der Waals surface area contributed by atoms with Crippen LogP contribution in [0.2, 0.25) is 0 Å². The van der Waals surface area contributed by atoms with Crippen molar-refractivity contribution in [3.63, 3.8) is 0 Å². The molecule has 2 fully saturated rings. The fraction of sp³-hybridized carbons (Fsp3) is 0.333. The molecule has 0 spiro atoms. The average Bonchev–Trinajstić information content (AvgIpc) is 3.38. The Hall–Kier alpha value is -3.74. The summed E-state index contributed by atoms with van der Waals surface area (Å²) in [5.74, 6) is 0.640. The second-order valence-electron chi connectivity index (χ2n) is 9.52. The van der Waals surface area contributed by atoms with E-state index in [9.17, 15) is 10.1 Å². The van der Waals surface area contributed by atoms with Crippen molar-refractivity contribution in [3.8, 4) is 6.07 Å². The van der Waals surface area contributed by atoms with Gasteiger partial charge in [-0.2, -0.15) is 9.64 Å². The molecule has 3 aliphatic rings. The summed E-state index contributed by atoms with van der Waals surface area (Å²) in [6, 6.07) is 15.5. The number of nitriles is 1. The molecule has 1 aliphatic carbocycles. The van der Waals surface area contributed by atoms with Gasteiger partial charge in [0.15, 0.2) is 0 Å². The number of hydrogen-bond donors (Lipinski definition) is 2. The van der Waals surface area contributed by atoms with Crippen LogP contribution < -0.4 is 15.5 Å². The van der Waals surface area contributed by atoms with Crippen molar-refractivity contribution in [2.75, 3.05) is 10.2 Å². The van der Waals surface area contributed by atoms with Crippen molar-refractivity contribution in [2.45, 2.75) is 57.3 Å². The van der Waals surface area contributed by atoms with Gasteiger partial charge < -0.3 is 10.6 Å². The van der Waals surface area contributed by atoms with E-state index in [2.05, 4.69) is 38.1 Å². The van der Waals surface area contributed by atoms with Crippen molar-refractivity contribution in [3.05, 3.63) is 66.1 Å². The highest BCUT2D eigenvalue weighted by Crippen LogP contribution is 2.37. The number of aromatic nitrogens is 1. The molecule has 9 heteroatoms. The van der Waals surface area contributed by atoms with Gasteiger partial charge in [0.05, 0.1) is 33.8 Å². The monoisotopic (exact) mass is 497 g/mol. The van der Waals surface area contributed by atoms with Crippen LogP contribution in [0.15, 0.2) is 65.6 Å². The second-order valence-corrected chi connectivity index (χ2v) is 10.4. The molecule has 2 N–H and O–H groups in total. The number of guanidine groups is 1. The van der Waals surface area contributed by atoms with E-state index in [1.165, 1.54) is 30.8 Å². The van der Waals surface area contributed by atoms with E-state index in [4.69, 9.17) is 4.99 Å². The number of fused-ring (bicyclic) bond motifs is 2. The zero-order valence-electron chi connectivity index (χ0n) is 20.0. The average molecular weight is 498 g/mol. The number of piperazine rings is 1. The molecule has 2 atom stereocenters. The molecule has 1 unspecified atom stereocenters. The fourth-order valence-electron chi connectivity index (χ4n) is 5.54. The number of anilines is 2. The minimum atomic E-state index is -0.336. The van der Waals surface area contributed by atoms with Gasteiger partial charge in [-0.3, -0.25) is 14.6 Å². The predicted molar refractivity (Wildman–Crippen MR) is 143 cm³/mol. The van der Waals surface area contributed by atoms with Crippen molar-refractivity contribution in [1.82, 2.24) is 14.6 Å². The molecule has 1 saturated carbocycles. The van der Waals surface area contributed by atoms with Gasteiger partial charge in [0.25, 0.3) is 0 Å². The SMILES string of the molecule is C[C@@H]1C(=O)N(c2cccc(C#N)c2)C2=CNC(Nc3ccc4sncc4c3)=NC2N1C1CCCCC1. The van der Waals surface area contributed by atoms with Crippen LogP contribution in [0.25, 0.3) is 10.1 Å². The van der Waals surface area contributed by atoms with Crippen LogP contribution in [0.4, 0.5) is 11.4 Å². The largest absolute Gasteiger partial charge is 0.331 e. The van der Waals surface area contributed by atoms with Gasteiger partial charge in [-0.1, -0.05) is 25.3 Å². The van der Waals surface area contributed by atoms with Crippen molar-refractivity contribution in [1.29, 1.82) is 5.26 Å². The van der Waals surface area contributed by atoms with Gasteiger partial charge in [-0.25, -0.2) is 4.99 Å². The smallest absolute Gasteiger partial charge is 0.248 e. The Morgan fingerprint density at radius 1 is 1.17 bits per heavy atom. The molecule has 8 nitrogen and oxygen atoms in total. The number of aliphatic imine (C=N–C) groups is 1. The van der Waals surface area contributed by atoms with Gasteiger partial charge in [0.1, 0.15) is 6.17 Å². The quantitative estimate of drug-likeness (QED) is 0.541. The number of amides is 1. The number of nitrogens with one attached hydrogen (secondary N) is 2. The molecule has 182 valence electrons. The molecular weight excluding hydrogens is 470 g/mol. The summed E-state index contributed by atoms with van der Waals surface area (Å²) in [4.78, 5) is 22.9. The van der Waals surface area contributed by atoms with Crippen molar-refractivity contribution < 1.29 is 4.79 Å². The Balaban J connectivity index is 1.37. The normalized spacial score (nSPS) is 22.9. The second kappa shape index (κ2) is 9.37. The summed E-state index contributed by atoms with van der Waals surface area (Å²) >= 11 is 1.48. The van der Waals surface area contributed by atoms with Crippen molar-refractivity contribution >= 4 is 44.9 Å². The van der Waals surface area contributed by atoms with Crippen LogP contribution in [0.3, 0.4) is 0 Å². The highest BCUT2D eigenvalue weighted by Gasteiger charge is 2.46.